The number of methoxy groups -OCH3 is 1. The summed E-state index contributed by atoms with van der Waals surface area (Å²) >= 11 is 0. The Balaban J connectivity index is 2.28. The molecule has 0 heterocycles. The number of nitrogens with one attached hydrogen (secondary N) is 1. The van der Waals surface area contributed by atoms with Gasteiger partial charge in [0.25, 0.3) is 0 Å². The van der Waals surface area contributed by atoms with E-state index in [2.05, 4.69) is 10.1 Å². The third kappa shape index (κ3) is 4.43. The Hall–Kier alpha value is -3.36. The molecule has 142 valence electrons. The van der Waals surface area contributed by atoms with Gasteiger partial charge < -0.3 is 15.0 Å². The molecular formula is C18H15F3N2O4. The molecule has 0 atom stereocenters. The number of esters is 1. The van der Waals surface area contributed by atoms with Gasteiger partial charge in [0, 0.05) is 6.92 Å². The molecular weight excluding hydrogens is 365 g/mol. The Labute approximate surface area is 152 Å². The van der Waals surface area contributed by atoms with Crippen LogP contribution in [0.15, 0.2) is 36.4 Å². The average Bonchev–Trinajstić information content (AvgIpc) is 2.65. The molecule has 1 N–H and O–H groups in total. The summed E-state index contributed by atoms with van der Waals surface area (Å²) < 4.78 is 44.6. The minimum absolute atomic E-state index is 0.0435. The van der Waals surface area contributed by atoms with Crippen LogP contribution in [-0.2, 0) is 14.3 Å². The van der Waals surface area contributed by atoms with Crippen LogP contribution in [0.4, 0.5) is 24.5 Å². The normalized spacial score (nSPS) is 10.3. The van der Waals surface area contributed by atoms with E-state index in [0.717, 1.165) is 18.1 Å². The number of halogens is 3. The van der Waals surface area contributed by atoms with Gasteiger partial charge in [0.1, 0.15) is 6.54 Å². The number of carbonyl (C=O) groups excluding carboxylic acids is 3. The smallest absolute Gasteiger partial charge is 0.339 e. The molecule has 0 saturated heterocycles. The Bertz CT molecular complexity index is 902. The van der Waals surface area contributed by atoms with E-state index < -0.39 is 47.5 Å². The summed E-state index contributed by atoms with van der Waals surface area (Å²) in [5, 5.41) is 2.07. The molecule has 0 aromatic heterocycles. The van der Waals surface area contributed by atoms with Crippen molar-refractivity contribution in [3.05, 3.63) is 59.4 Å². The standard InChI is InChI=1S/C18H15F3N2O4/c1-10(24)23(14-6-4-3-5-11(14)18(26)27-2)9-15(25)22-13-8-7-12(19)16(20)17(13)21/h3-8H,9H2,1-2H3,(H,22,25). The highest BCUT2D eigenvalue weighted by atomic mass is 19.2. The molecule has 0 aliphatic carbocycles. The molecule has 0 bridgehead atoms. The van der Waals surface area contributed by atoms with Crippen molar-refractivity contribution in [1.29, 1.82) is 0 Å². The maximum Gasteiger partial charge on any atom is 0.339 e. The largest absolute Gasteiger partial charge is 0.465 e. The Morgan fingerprint density at radius 2 is 1.70 bits per heavy atom. The fraction of sp³-hybridized carbons (Fsp3) is 0.167. The quantitative estimate of drug-likeness (QED) is 0.639. The molecule has 0 radical (unpaired) electrons. The van der Waals surface area contributed by atoms with Crippen LogP contribution >= 0.6 is 0 Å². The van der Waals surface area contributed by atoms with E-state index in [1.807, 2.05) is 0 Å². The van der Waals surface area contributed by atoms with Crippen molar-refractivity contribution in [1.82, 2.24) is 0 Å². The van der Waals surface area contributed by atoms with E-state index >= 15 is 0 Å². The number of carbonyl (C=O) groups is 3. The molecule has 0 spiro atoms. The molecule has 2 aromatic carbocycles. The van der Waals surface area contributed by atoms with Crippen molar-refractivity contribution >= 4 is 29.2 Å². The molecule has 9 heteroatoms. The number of amides is 2. The number of hydrogen-bond acceptors (Lipinski definition) is 4. The molecule has 0 unspecified atom stereocenters. The van der Waals surface area contributed by atoms with Crippen molar-refractivity contribution in [3.8, 4) is 0 Å². The van der Waals surface area contributed by atoms with Gasteiger partial charge in [-0.2, -0.15) is 0 Å². The lowest BCUT2D eigenvalue weighted by atomic mass is 10.1. The summed E-state index contributed by atoms with van der Waals surface area (Å²) in [5.74, 6) is -6.87. The van der Waals surface area contributed by atoms with Crippen LogP contribution in [0.25, 0.3) is 0 Å². The minimum Gasteiger partial charge on any atom is -0.465 e. The van der Waals surface area contributed by atoms with Crippen LogP contribution < -0.4 is 10.2 Å². The number of hydrogen-bond donors (Lipinski definition) is 1. The van der Waals surface area contributed by atoms with Crippen LogP contribution in [-0.4, -0.2) is 31.4 Å². The second-order valence-electron chi connectivity index (χ2n) is 5.38. The van der Waals surface area contributed by atoms with Crippen LogP contribution in [0, 0.1) is 17.5 Å². The Morgan fingerprint density at radius 1 is 1.04 bits per heavy atom. The lowest BCUT2D eigenvalue weighted by molar-refractivity contribution is -0.120. The molecule has 0 saturated carbocycles. The highest BCUT2D eigenvalue weighted by Crippen LogP contribution is 2.23. The number of anilines is 2. The first-order chi connectivity index (χ1) is 12.8. The minimum atomic E-state index is -1.73. The van der Waals surface area contributed by atoms with E-state index in [1.165, 1.54) is 19.1 Å². The molecule has 2 amide bonds. The second kappa shape index (κ2) is 8.35. The van der Waals surface area contributed by atoms with Gasteiger partial charge in [-0.1, -0.05) is 12.1 Å². The molecule has 0 aliphatic rings. The van der Waals surface area contributed by atoms with E-state index in [9.17, 15) is 27.6 Å². The van der Waals surface area contributed by atoms with Gasteiger partial charge in [-0.05, 0) is 24.3 Å². The van der Waals surface area contributed by atoms with Gasteiger partial charge in [-0.25, -0.2) is 18.0 Å². The van der Waals surface area contributed by atoms with Gasteiger partial charge >= 0.3 is 5.97 Å². The molecule has 2 aromatic rings. The van der Waals surface area contributed by atoms with Crippen molar-refractivity contribution in [2.45, 2.75) is 6.92 Å². The number of para-hydroxylation sites is 1. The zero-order valence-corrected chi connectivity index (χ0v) is 14.4. The van der Waals surface area contributed by atoms with Crippen molar-refractivity contribution in [3.63, 3.8) is 0 Å². The predicted molar refractivity (Wildman–Crippen MR) is 90.8 cm³/mol. The van der Waals surface area contributed by atoms with E-state index in [4.69, 9.17) is 0 Å². The third-order valence-corrected chi connectivity index (χ3v) is 3.59. The van der Waals surface area contributed by atoms with Crippen LogP contribution in [0.1, 0.15) is 17.3 Å². The fourth-order valence-corrected chi connectivity index (χ4v) is 2.31. The first-order valence-electron chi connectivity index (χ1n) is 7.65. The van der Waals surface area contributed by atoms with Crippen molar-refractivity contribution in [2.75, 3.05) is 23.9 Å². The van der Waals surface area contributed by atoms with Crippen LogP contribution in [0.2, 0.25) is 0 Å². The monoisotopic (exact) mass is 380 g/mol. The van der Waals surface area contributed by atoms with Crippen LogP contribution in [0.3, 0.4) is 0 Å². The van der Waals surface area contributed by atoms with E-state index in [0.29, 0.717) is 6.07 Å². The SMILES string of the molecule is COC(=O)c1ccccc1N(CC(=O)Nc1ccc(F)c(F)c1F)C(C)=O. The predicted octanol–water partition coefficient (Wildman–Crippen LogP) is 2.88. The Morgan fingerprint density at radius 3 is 2.33 bits per heavy atom. The first kappa shape index (κ1) is 20.0. The lowest BCUT2D eigenvalue weighted by Gasteiger charge is -2.22. The summed E-state index contributed by atoms with van der Waals surface area (Å²) in [6.45, 7) is 0.571. The highest BCUT2D eigenvalue weighted by Gasteiger charge is 2.23. The second-order valence-corrected chi connectivity index (χ2v) is 5.38. The summed E-state index contributed by atoms with van der Waals surface area (Å²) in [6, 6.07) is 7.44. The zero-order valence-electron chi connectivity index (χ0n) is 14.4. The lowest BCUT2D eigenvalue weighted by Crippen LogP contribution is -2.37. The highest BCUT2D eigenvalue weighted by molar-refractivity contribution is 6.06. The van der Waals surface area contributed by atoms with Gasteiger partial charge in [-0.3, -0.25) is 9.59 Å². The molecule has 6 nitrogen and oxygen atoms in total. The maximum atomic E-state index is 13.7. The summed E-state index contributed by atoms with van der Waals surface area (Å²) in [5.41, 5.74) is -0.427. The third-order valence-electron chi connectivity index (χ3n) is 3.59. The first-order valence-corrected chi connectivity index (χ1v) is 7.65. The molecule has 27 heavy (non-hydrogen) atoms. The molecule has 0 aliphatic heterocycles. The van der Waals surface area contributed by atoms with Gasteiger partial charge in [0.05, 0.1) is 24.0 Å². The van der Waals surface area contributed by atoms with Crippen molar-refractivity contribution in [2.24, 2.45) is 0 Å². The molecule has 0 fully saturated rings. The summed E-state index contributed by atoms with van der Waals surface area (Å²) in [4.78, 5) is 37.0. The molecule has 2 rings (SSSR count). The number of nitrogens with zero attached hydrogens (tertiary/aromatic N) is 1. The maximum absolute atomic E-state index is 13.7. The number of ether oxygens (including phenoxy) is 1. The zero-order chi connectivity index (χ0) is 20.1. The van der Waals surface area contributed by atoms with Gasteiger partial charge in [0.2, 0.25) is 11.8 Å². The summed E-state index contributed by atoms with van der Waals surface area (Å²) in [6.07, 6.45) is 0. The van der Waals surface area contributed by atoms with Crippen LogP contribution in [0.5, 0.6) is 0 Å². The average molecular weight is 380 g/mol. The summed E-state index contributed by atoms with van der Waals surface area (Å²) in [7, 11) is 1.16. The fourth-order valence-electron chi connectivity index (χ4n) is 2.31. The van der Waals surface area contributed by atoms with E-state index in [1.54, 1.807) is 12.1 Å². The van der Waals surface area contributed by atoms with Gasteiger partial charge in [-0.15, -0.1) is 0 Å². The number of benzene rings is 2. The topological polar surface area (TPSA) is 75.7 Å². The van der Waals surface area contributed by atoms with Crippen molar-refractivity contribution < 1.29 is 32.3 Å². The number of rotatable bonds is 5. The Kier molecular flexibility index (Phi) is 6.17. The van der Waals surface area contributed by atoms with E-state index in [-0.39, 0.29) is 11.3 Å². The van der Waals surface area contributed by atoms with Gasteiger partial charge in [0.15, 0.2) is 17.5 Å².